The van der Waals surface area contributed by atoms with Crippen LogP contribution in [0, 0.1) is 0 Å². The number of nitrogens with one attached hydrogen (secondary N) is 1. The summed E-state index contributed by atoms with van der Waals surface area (Å²) in [6.07, 6.45) is 0.370. The van der Waals surface area contributed by atoms with E-state index in [1.807, 2.05) is 42.5 Å². The predicted molar refractivity (Wildman–Crippen MR) is 107 cm³/mol. The number of aryl methyl sites for hydroxylation is 1. The number of carbonyl (C=O) groups excluding carboxylic acids is 1. The van der Waals surface area contributed by atoms with Crippen molar-refractivity contribution in [2.75, 3.05) is 5.32 Å². The highest BCUT2D eigenvalue weighted by molar-refractivity contribution is 9.10. The van der Waals surface area contributed by atoms with Gasteiger partial charge in [0.15, 0.2) is 6.10 Å². The molecular weight excluding hydrogens is 378 g/mol. The van der Waals surface area contributed by atoms with Gasteiger partial charge in [-0.2, -0.15) is 0 Å². The fourth-order valence-corrected chi connectivity index (χ4v) is 2.93. The molecule has 2 aromatic carbocycles. The number of carbonyl (C=O) groups is 1. The lowest BCUT2D eigenvalue weighted by Gasteiger charge is -2.20. The highest BCUT2D eigenvalue weighted by Gasteiger charge is 2.17. The van der Waals surface area contributed by atoms with Gasteiger partial charge in [0.2, 0.25) is 0 Å². The van der Waals surface area contributed by atoms with Gasteiger partial charge in [-0.3, -0.25) is 4.79 Å². The topological polar surface area (TPSA) is 38.3 Å². The molecule has 3 nitrogen and oxygen atoms in total. The first kappa shape index (κ1) is 19.5. The summed E-state index contributed by atoms with van der Waals surface area (Å²) < 4.78 is 6.65. The van der Waals surface area contributed by atoms with E-state index in [-0.39, 0.29) is 11.3 Å². The summed E-state index contributed by atoms with van der Waals surface area (Å²) in [4.78, 5) is 12.4. The fraction of sp³-hybridized carbons (Fsp3) is 0.381. The minimum Gasteiger partial charge on any atom is -0.481 e. The molecule has 1 unspecified atom stereocenters. The van der Waals surface area contributed by atoms with Gasteiger partial charge in [0.05, 0.1) is 5.69 Å². The molecule has 1 amide bonds. The fourth-order valence-electron chi connectivity index (χ4n) is 2.41. The van der Waals surface area contributed by atoms with Crippen molar-refractivity contribution in [3.63, 3.8) is 0 Å². The molecule has 0 radical (unpaired) electrons. The molecule has 25 heavy (non-hydrogen) atoms. The number of hydrogen-bond donors (Lipinski definition) is 1. The van der Waals surface area contributed by atoms with Gasteiger partial charge in [-0.15, -0.1) is 0 Å². The predicted octanol–water partition coefficient (Wildman–Crippen LogP) is 5.72. The molecule has 2 aromatic rings. The third kappa shape index (κ3) is 5.33. The van der Waals surface area contributed by atoms with Crippen LogP contribution < -0.4 is 10.1 Å². The first-order valence-corrected chi connectivity index (χ1v) is 9.36. The summed E-state index contributed by atoms with van der Waals surface area (Å²) in [5, 5.41) is 2.91. The highest BCUT2D eigenvalue weighted by Crippen LogP contribution is 2.26. The molecule has 0 saturated heterocycles. The van der Waals surface area contributed by atoms with E-state index in [1.165, 1.54) is 11.1 Å². The summed E-state index contributed by atoms with van der Waals surface area (Å²) in [6.45, 7) is 10.4. The van der Waals surface area contributed by atoms with Crippen LogP contribution in [0.25, 0.3) is 0 Å². The van der Waals surface area contributed by atoms with Crippen LogP contribution in [0.1, 0.15) is 45.7 Å². The monoisotopic (exact) mass is 403 g/mol. The van der Waals surface area contributed by atoms with E-state index in [2.05, 4.69) is 48.9 Å². The Hall–Kier alpha value is -1.81. The largest absolute Gasteiger partial charge is 0.481 e. The molecule has 134 valence electrons. The van der Waals surface area contributed by atoms with E-state index in [0.717, 1.165) is 16.6 Å². The summed E-state index contributed by atoms with van der Waals surface area (Å²) in [5.74, 6) is 0.515. The van der Waals surface area contributed by atoms with E-state index >= 15 is 0 Å². The van der Waals surface area contributed by atoms with Gasteiger partial charge >= 0.3 is 0 Å². The number of ether oxygens (including phenoxy) is 1. The molecule has 0 aliphatic carbocycles. The van der Waals surface area contributed by atoms with Crippen molar-refractivity contribution in [1.29, 1.82) is 0 Å². The summed E-state index contributed by atoms with van der Waals surface area (Å²) in [7, 11) is 0. The number of benzene rings is 2. The molecule has 0 fully saturated rings. The normalized spacial score (nSPS) is 12.6. The lowest BCUT2D eigenvalue weighted by molar-refractivity contribution is -0.122. The Morgan fingerprint density at radius 3 is 2.32 bits per heavy atom. The van der Waals surface area contributed by atoms with Crippen LogP contribution in [-0.2, 0) is 16.6 Å². The molecule has 1 N–H and O–H groups in total. The molecule has 0 aromatic heterocycles. The molecule has 0 aliphatic rings. The van der Waals surface area contributed by atoms with Crippen LogP contribution in [0.15, 0.2) is 46.9 Å². The highest BCUT2D eigenvalue weighted by atomic mass is 79.9. The molecular formula is C21H26BrNO2. The molecule has 2 rings (SSSR count). The summed E-state index contributed by atoms with van der Waals surface area (Å²) in [5.41, 5.74) is 3.30. The van der Waals surface area contributed by atoms with Gasteiger partial charge in [-0.1, -0.05) is 45.9 Å². The van der Waals surface area contributed by atoms with Crippen LogP contribution in [0.5, 0.6) is 5.75 Å². The van der Waals surface area contributed by atoms with E-state index in [1.54, 1.807) is 6.92 Å². The van der Waals surface area contributed by atoms with Crippen molar-refractivity contribution in [1.82, 2.24) is 0 Å². The second-order valence-corrected chi connectivity index (χ2v) is 8.05. The molecule has 0 heterocycles. The minimum absolute atomic E-state index is 0.0957. The smallest absolute Gasteiger partial charge is 0.265 e. The molecule has 0 aliphatic heterocycles. The average Bonchev–Trinajstić information content (AvgIpc) is 2.56. The minimum atomic E-state index is -0.585. The second kappa shape index (κ2) is 8.05. The molecule has 0 saturated carbocycles. The van der Waals surface area contributed by atoms with Gasteiger partial charge in [-0.05, 0) is 70.1 Å². The van der Waals surface area contributed by atoms with E-state index in [4.69, 9.17) is 4.74 Å². The Bertz CT molecular complexity index is 733. The van der Waals surface area contributed by atoms with Gasteiger partial charge in [0.25, 0.3) is 5.91 Å². The van der Waals surface area contributed by atoms with E-state index in [9.17, 15) is 4.79 Å². The van der Waals surface area contributed by atoms with Gasteiger partial charge in [-0.25, -0.2) is 0 Å². The van der Waals surface area contributed by atoms with Crippen molar-refractivity contribution >= 4 is 27.5 Å². The molecule has 0 spiro atoms. The van der Waals surface area contributed by atoms with Crippen molar-refractivity contribution < 1.29 is 9.53 Å². The maximum absolute atomic E-state index is 12.4. The zero-order valence-electron chi connectivity index (χ0n) is 15.5. The second-order valence-electron chi connectivity index (χ2n) is 7.19. The summed E-state index contributed by atoms with van der Waals surface area (Å²) in [6, 6.07) is 13.8. The number of rotatable bonds is 5. The number of anilines is 1. The third-order valence-corrected chi connectivity index (χ3v) is 4.76. The third-order valence-electron chi connectivity index (χ3n) is 4.10. The zero-order chi connectivity index (χ0) is 18.6. The van der Waals surface area contributed by atoms with Crippen LogP contribution in [0.4, 0.5) is 5.69 Å². The maximum Gasteiger partial charge on any atom is 0.265 e. The van der Waals surface area contributed by atoms with Crippen molar-refractivity contribution in [2.24, 2.45) is 0 Å². The lowest BCUT2D eigenvalue weighted by Crippen LogP contribution is -2.30. The maximum atomic E-state index is 12.4. The summed E-state index contributed by atoms with van der Waals surface area (Å²) >= 11 is 3.50. The number of amides is 1. The lowest BCUT2D eigenvalue weighted by atomic mass is 9.87. The first-order chi connectivity index (χ1) is 11.7. The Balaban J connectivity index is 2.00. The van der Waals surface area contributed by atoms with Crippen molar-refractivity contribution in [3.05, 3.63) is 58.1 Å². The van der Waals surface area contributed by atoms with E-state index < -0.39 is 6.10 Å². The Morgan fingerprint density at radius 2 is 1.80 bits per heavy atom. The molecule has 1 atom stereocenters. The quantitative estimate of drug-likeness (QED) is 0.693. The standard InChI is InChI=1S/C21H26BrNO2/c1-6-15-7-12-19(18(22)13-15)23-20(24)14(2)25-17-10-8-16(9-11-17)21(3,4)5/h7-14H,6H2,1-5H3,(H,23,24). The van der Waals surface area contributed by atoms with Crippen molar-refractivity contribution in [2.45, 2.75) is 52.6 Å². The van der Waals surface area contributed by atoms with Gasteiger partial charge in [0.1, 0.15) is 5.75 Å². The van der Waals surface area contributed by atoms with Crippen LogP contribution in [-0.4, -0.2) is 12.0 Å². The van der Waals surface area contributed by atoms with Gasteiger partial charge < -0.3 is 10.1 Å². The van der Waals surface area contributed by atoms with E-state index in [0.29, 0.717) is 5.75 Å². The zero-order valence-corrected chi connectivity index (χ0v) is 17.1. The Kier molecular flexibility index (Phi) is 6.28. The van der Waals surface area contributed by atoms with Gasteiger partial charge in [0, 0.05) is 4.47 Å². The Labute approximate surface area is 158 Å². The SMILES string of the molecule is CCc1ccc(NC(=O)C(C)Oc2ccc(C(C)(C)C)cc2)c(Br)c1. The number of hydrogen-bond acceptors (Lipinski definition) is 2. The molecule has 4 heteroatoms. The number of halogens is 1. The Morgan fingerprint density at radius 1 is 1.16 bits per heavy atom. The van der Waals surface area contributed by atoms with Crippen LogP contribution in [0.3, 0.4) is 0 Å². The van der Waals surface area contributed by atoms with Crippen LogP contribution >= 0.6 is 15.9 Å². The molecule has 0 bridgehead atoms. The van der Waals surface area contributed by atoms with Crippen LogP contribution in [0.2, 0.25) is 0 Å². The first-order valence-electron chi connectivity index (χ1n) is 8.57. The van der Waals surface area contributed by atoms with Crippen molar-refractivity contribution in [3.8, 4) is 5.75 Å². The average molecular weight is 404 g/mol.